The highest BCUT2D eigenvalue weighted by Gasteiger charge is 2.38. The first-order valence-corrected chi connectivity index (χ1v) is 9.54. The van der Waals surface area contributed by atoms with Crippen LogP contribution in [0.15, 0.2) is 24.3 Å². The lowest BCUT2D eigenvalue weighted by Crippen LogP contribution is -2.16. The zero-order valence-corrected chi connectivity index (χ0v) is 15.2. The Balaban J connectivity index is 1.85. The maximum atomic E-state index is 13.8. The first-order valence-electron chi connectivity index (χ1n) is 9.54. The van der Waals surface area contributed by atoms with Gasteiger partial charge in [0.25, 0.3) is 0 Å². The van der Waals surface area contributed by atoms with Crippen LogP contribution >= 0.6 is 0 Å². The molecule has 0 N–H and O–H groups in total. The van der Waals surface area contributed by atoms with Crippen molar-refractivity contribution in [1.82, 2.24) is 0 Å². The number of allylic oxidation sites excluding steroid dienone is 2. The molecule has 1 aromatic rings. The van der Waals surface area contributed by atoms with Gasteiger partial charge in [0.1, 0.15) is 17.2 Å². The summed E-state index contributed by atoms with van der Waals surface area (Å²) in [5.41, 5.74) is -1.43. The Labute approximate surface area is 152 Å². The molecule has 0 aliphatic heterocycles. The molecule has 0 atom stereocenters. The van der Waals surface area contributed by atoms with E-state index in [0.717, 1.165) is 57.1 Å². The Morgan fingerprint density at radius 2 is 1.58 bits per heavy atom. The van der Waals surface area contributed by atoms with Crippen LogP contribution in [0.5, 0.6) is 0 Å². The second-order valence-corrected chi connectivity index (χ2v) is 7.24. The van der Waals surface area contributed by atoms with E-state index in [0.29, 0.717) is 11.5 Å². The molecule has 0 nitrogen and oxygen atoms in total. The van der Waals surface area contributed by atoms with Crippen LogP contribution in [-0.4, -0.2) is 0 Å². The predicted octanol–water partition coefficient (Wildman–Crippen LogP) is 7.78. The first-order chi connectivity index (χ1) is 12.3. The van der Waals surface area contributed by atoms with Crippen LogP contribution in [0.1, 0.15) is 81.8 Å². The van der Waals surface area contributed by atoms with Gasteiger partial charge in [-0.05, 0) is 74.5 Å². The maximum Gasteiger partial charge on any atom is 0.422 e. The summed E-state index contributed by atoms with van der Waals surface area (Å²) in [6, 6.07) is 1.74. The highest BCUT2D eigenvalue weighted by atomic mass is 19.4. The summed E-state index contributed by atoms with van der Waals surface area (Å²) in [5, 5.41) is 0. The van der Waals surface area contributed by atoms with Gasteiger partial charge >= 0.3 is 6.18 Å². The predicted molar refractivity (Wildman–Crippen MR) is 94.0 cm³/mol. The number of hydrogen-bond donors (Lipinski definition) is 0. The summed E-state index contributed by atoms with van der Waals surface area (Å²) in [4.78, 5) is 0. The van der Waals surface area contributed by atoms with Crippen LogP contribution < -0.4 is 0 Å². The third-order valence-corrected chi connectivity index (χ3v) is 5.30. The second-order valence-electron chi connectivity index (χ2n) is 7.24. The van der Waals surface area contributed by atoms with E-state index in [1.807, 2.05) is 0 Å². The van der Waals surface area contributed by atoms with E-state index >= 15 is 0 Å². The van der Waals surface area contributed by atoms with Crippen molar-refractivity contribution in [1.29, 1.82) is 0 Å². The van der Waals surface area contributed by atoms with Crippen molar-refractivity contribution in [2.45, 2.75) is 76.8 Å². The van der Waals surface area contributed by atoms with Crippen LogP contribution in [0.4, 0.5) is 22.0 Å². The first kappa shape index (κ1) is 20.9. The summed E-state index contributed by atoms with van der Waals surface area (Å²) in [6.07, 6.45) is 8.56. The Bertz CT molecular complexity index is 572. The van der Waals surface area contributed by atoms with E-state index in [4.69, 9.17) is 0 Å². The monoisotopic (exact) mass is 374 g/mol. The minimum atomic E-state index is -5.00. The number of unbranched alkanes of at least 4 members (excludes halogenated alkanes) is 2. The van der Waals surface area contributed by atoms with Crippen LogP contribution in [-0.2, 0) is 6.18 Å². The standard InChI is InChI=1S/C21H27F5/c1-2-3-4-5-6-7-8-15-9-11-16(12-10-15)17-13-18(22)20(19(23)14-17)21(24,25)26/h3-4,13-16H,2,5-12H2,1H3. The van der Waals surface area contributed by atoms with Crippen molar-refractivity contribution in [2.75, 3.05) is 0 Å². The van der Waals surface area contributed by atoms with Gasteiger partial charge in [0.15, 0.2) is 0 Å². The summed E-state index contributed by atoms with van der Waals surface area (Å²) >= 11 is 0. The normalized spacial score (nSPS) is 21.5. The molecule has 0 spiro atoms. The van der Waals surface area contributed by atoms with Crippen LogP contribution in [0, 0.1) is 17.6 Å². The molecule has 1 aromatic carbocycles. The molecular formula is C21H27F5. The average molecular weight is 374 g/mol. The molecule has 1 aliphatic carbocycles. The quantitative estimate of drug-likeness (QED) is 0.260. The minimum Gasteiger partial charge on any atom is -0.206 e. The number of alkyl halides is 3. The fourth-order valence-electron chi connectivity index (χ4n) is 3.86. The third-order valence-electron chi connectivity index (χ3n) is 5.30. The lowest BCUT2D eigenvalue weighted by molar-refractivity contribution is -0.142. The van der Waals surface area contributed by atoms with Gasteiger partial charge in [-0.2, -0.15) is 13.2 Å². The highest BCUT2D eigenvalue weighted by molar-refractivity contribution is 5.30. The molecule has 0 aromatic heterocycles. The molecule has 1 fully saturated rings. The van der Waals surface area contributed by atoms with E-state index in [1.54, 1.807) is 0 Å². The topological polar surface area (TPSA) is 0 Å². The fourth-order valence-corrected chi connectivity index (χ4v) is 3.86. The molecule has 1 aliphatic rings. The Kier molecular flexibility index (Phi) is 7.66. The largest absolute Gasteiger partial charge is 0.422 e. The summed E-state index contributed by atoms with van der Waals surface area (Å²) < 4.78 is 65.5. The van der Waals surface area contributed by atoms with Gasteiger partial charge < -0.3 is 0 Å². The lowest BCUT2D eigenvalue weighted by Gasteiger charge is -2.29. The van der Waals surface area contributed by atoms with Crippen molar-refractivity contribution in [2.24, 2.45) is 5.92 Å². The molecule has 0 bridgehead atoms. The van der Waals surface area contributed by atoms with E-state index in [-0.39, 0.29) is 5.92 Å². The van der Waals surface area contributed by atoms with Crippen molar-refractivity contribution < 1.29 is 22.0 Å². The van der Waals surface area contributed by atoms with Gasteiger partial charge in [-0.3, -0.25) is 0 Å². The van der Waals surface area contributed by atoms with Gasteiger partial charge in [-0.1, -0.05) is 31.9 Å². The van der Waals surface area contributed by atoms with Gasteiger partial charge in [0.2, 0.25) is 0 Å². The van der Waals surface area contributed by atoms with Gasteiger partial charge in [0.05, 0.1) is 0 Å². The van der Waals surface area contributed by atoms with Gasteiger partial charge in [-0.25, -0.2) is 8.78 Å². The molecule has 0 radical (unpaired) electrons. The maximum absolute atomic E-state index is 13.8. The molecule has 5 heteroatoms. The minimum absolute atomic E-state index is 0.0509. The van der Waals surface area contributed by atoms with E-state index in [1.165, 1.54) is 12.8 Å². The highest BCUT2D eigenvalue weighted by Crippen LogP contribution is 2.40. The zero-order chi connectivity index (χ0) is 19.2. The van der Waals surface area contributed by atoms with Gasteiger partial charge in [0, 0.05) is 0 Å². The van der Waals surface area contributed by atoms with Crippen LogP contribution in [0.25, 0.3) is 0 Å². The van der Waals surface area contributed by atoms with Crippen molar-refractivity contribution in [3.63, 3.8) is 0 Å². The molecule has 0 amide bonds. The molecule has 0 heterocycles. The average Bonchev–Trinajstić information content (AvgIpc) is 2.56. The third kappa shape index (κ3) is 5.82. The zero-order valence-electron chi connectivity index (χ0n) is 15.2. The SMILES string of the molecule is CCC=CCCCCC1CCC(c2cc(F)c(C(F)(F)F)c(F)c2)CC1. The molecule has 0 unspecified atom stereocenters. The van der Waals surface area contributed by atoms with Crippen molar-refractivity contribution in [3.05, 3.63) is 47.0 Å². The number of halogens is 5. The number of hydrogen-bond acceptors (Lipinski definition) is 0. The fraction of sp³-hybridized carbons (Fsp3) is 0.619. The summed E-state index contributed by atoms with van der Waals surface area (Å²) in [5.74, 6) is -2.44. The summed E-state index contributed by atoms with van der Waals surface area (Å²) in [6.45, 7) is 2.11. The van der Waals surface area contributed by atoms with Crippen molar-refractivity contribution >= 4 is 0 Å². The van der Waals surface area contributed by atoms with Crippen LogP contribution in [0.2, 0.25) is 0 Å². The smallest absolute Gasteiger partial charge is 0.206 e. The Morgan fingerprint density at radius 1 is 0.962 bits per heavy atom. The molecule has 26 heavy (non-hydrogen) atoms. The Hall–Kier alpha value is -1.39. The van der Waals surface area contributed by atoms with Gasteiger partial charge in [-0.15, -0.1) is 0 Å². The molecule has 2 rings (SSSR count). The number of rotatable bonds is 7. The number of benzene rings is 1. The molecule has 0 saturated heterocycles. The Morgan fingerprint density at radius 3 is 2.12 bits per heavy atom. The molecular weight excluding hydrogens is 347 g/mol. The molecule has 1 saturated carbocycles. The summed E-state index contributed by atoms with van der Waals surface area (Å²) in [7, 11) is 0. The van der Waals surface area contributed by atoms with E-state index in [9.17, 15) is 22.0 Å². The lowest BCUT2D eigenvalue weighted by atomic mass is 9.77. The van der Waals surface area contributed by atoms with E-state index < -0.39 is 23.4 Å². The molecule has 146 valence electrons. The van der Waals surface area contributed by atoms with E-state index in [2.05, 4.69) is 19.1 Å². The van der Waals surface area contributed by atoms with Crippen molar-refractivity contribution in [3.8, 4) is 0 Å². The second kappa shape index (κ2) is 9.52. The van der Waals surface area contributed by atoms with Crippen LogP contribution in [0.3, 0.4) is 0 Å².